The second kappa shape index (κ2) is 12.0. The Morgan fingerprint density at radius 2 is 1.85 bits per heavy atom. The van der Waals surface area contributed by atoms with Gasteiger partial charge in [0.25, 0.3) is 0 Å². The number of nitrogens with zero attached hydrogens (tertiary/aromatic N) is 4. The van der Waals surface area contributed by atoms with Gasteiger partial charge in [-0.2, -0.15) is 22.6 Å². The summed E-state index contributed by atoms with van der Waals surface area (Å²) in [6.07, 6.45) is -2.90. The fourth-order valence-corrected chi connectivity index (χ4v) is 6.83. The molecule has 0 aliphatic carbocycles. The molecule has 2 aromatic rings. The van der Waals surface area contributed by atoms with Gasteiger partial charge in [0.05, 0.1) is 49.7 Å². The van der Waals surface area contributed by atoms with Gasteiger partial charge in [0.15, 0.2) is 6.29 Å². The number of carbonyl (C=O) groups excluding carboxylic acids is 1. The van der Waals surface area contributed by atoms with Crippen LogP contribution < -0.4 is 0 Å². The molecule has 220 valence electrons. The highest BCUT2D eigenvalue weighted by Crippen LogP contribution is 2.40. The third kappa shape index (κ3) is 6.65. The van der Waals surface area contributed by atoms with Crippen LogP contribution in [0.25, 0.3) is 11.3 Å². The zero-order valence-corrected chi connectivity index (χ0v) is 23.6. The molecule has 10 nitrogen and oxygen atoms in total. The molecule has 0 N–H and O–H groups in total. The molecule has 3 aliphatic rings. The average Bonchev–Trinajstić information content (AvgIpc) is 3.57. The maximum atomic E-state index is 13.9. The number of thioether (sulfide) groups is 1. The van der Waals surface area contributed by atoms with Crippen LogP contribution in [0.4, 0.5) is 13.2 Å². The van der Waals surface area contributed by atoms with Gasteiger partial charge in [-0.15, -0.1) is 11.8 Å². The third-order valence-corrected chi connectivity index (χ3v) is 9.40. The lowest BCUT2D eigenvalue weighted by Crippen LogP contribution is -2.41. The number of amides is 1. The predicted molar refractivity (Wildman–Crippen MR) is 140 cm³/mol. The number of carbonyl (C=O) groups is 1. The Hall–Kier alpha value is -2.17. The minimum absolute atomic E-state index is 0.0684. The number of fused-ring (bicyclic) bond motifs is 1. The van der Waals surface area contributed by atoms with Crippen LogP contribution >= 0.6 is 11.8 Å². The van der Waals surface area contributed by atoms with E-state index in [1.165, 1.54) is 16.4 Å². The van der Waals surface area contributed by atoms with E-state index >= 15 is 0 Å². The van der Waals surface area contributed by atoms with Crippen molar-refractivity contribution in [3.8, 4) is 11.3 Å². The number of alkyl halides is 3. The largest absolute Gasteiger partial charge is 0.417 e. The van der Waals surface area contributed by atoms with Crippen LogP contribution in [0.2, 0.25) is 0 Å². The van der Waals surface area contributed by atoms with E-state index in [9.17, 15) is 26.4 Å². The van der Waals surface area contributed by atoms with Crippen LogP contribution in [0, 0.1) is 0 Å². The van der Waals surface area contributed by atoms with Crippen molar-refractivity contribution in [3.63, 3.8) is 0 Å². The van der Waals surface area contributed by atoms with Crippen molar-refractivity contribution in [3.05, 3.63) is 35.0 Å². The molecule has 4 heterocycles. The molecule has 2 saturated heterocycles. The monoisotopic (exact) mass is 604 g/mol. The quantitative estimate of drug-likeness (QED) is 0.424. The lowest BCUT2D eigenvalue weighted by molar-refractivity contribution is -0.139. The Morgan fingerprint density at radius 3 is 2.52 bits per heavy atom. The summed E-state index contributed by atoms with van der Waals surface area (Å²) in [4.78, 5) is 14.2. The lowest BCUT2D eigenvalue weighted by Gasteiger charge is -2.27. The first-order valence-electron chi connectivity index (χ1n) is 13.0. The van der Waals surface area contributed by atoms with Gasteiger partial charge in [0, 0.05) is 67.3 Å². The minimum atomic E-state index is -4.62. The van der Waals surface area contributed by atoms with Crippen molar-refractivity contribution in [1.82, 2.24) is 19.0 Å². The predicted octanol–water partition coefficient (Wildman–Crippen LogP) is 2.60. The van der Waals surface area contributed by atoms with E-state index in [4.69, 9.17) is 19.3 Å². The first-order chi connectivity index (χ1) is 19.0. The molecule has 2 fully saturated rings. The molecular weight excluding hydrogens is 573 g/mol. The average molecular weight is 605 g/mol. The van der Waals surface area contributed by atoms with Crippen molar-refractivity contribution in [2.75, 3.05) is 58.1 Å². The molecule has 0 bridgehead atoms. The van der Waals surface area contributed by atoms with E-state index in [0.29, 0.717) is 75.7 Å². The van der Waals surface area contributed by atoms with Gasteiger partial charge >= 0.3 is 6.18 Å². The summed E-state index contributed by atoms with van der Waals surface area (Å²) < 4.78 is 85.9. The molecule has 15 heteroatoms. The Balaban J connectivity index is 1.47. The number of hydrogen-bond donors (Lipinski definition) is 0. The van der Waals surface area contributed by atoms with Crippen LogP contribution in [0.1, 0.15) is 23.2 Å². The van der Waals surface area contributed by atoms with Crippen molar-refractivity contribution >= 4 is 27.7 Å². The smallest absolute Gasteiger partial charge is 0.378 e. The van der Waals surface area contributed by atoms with E-state index in [1.54, 1.807) is 9.58 Å². The summed E-state index contributed by atoms with van der Waals surface area (Å²) in [6, 6.07) is 3.75. The molecule has 1 aromatic carbocycles. The number of rotatable bonds is 8. The highest BCUT2D eigenvalue weighted by molar-refractivity contribution is 8.00. The SMILES string of the molecule is CS(=O)(=O)N1CCc2c(c(-c3ccc(C(F)(F)F)c(SCC(=O)N4CCOCC4)c3)nn2CCC2OCCO2)C1. The molecule has 1 amide bonds. The number of morpholine rings is 1. The van der Waals surface area contributed by atoms with Crippen LogP contribution in [-0.2, 0) is 54.7 Å². The maximum Gasteiger partial charge on any atom is 0.417 e. The number of halogens is 3. The Kier molecular flexibility index (Phi) is 8.78. The first kappa shape index (κ1) is 29.3. The second-order valence-corrected chi connectivity index (χ2v) is 12.8. The topological polar surface area (TPSA) is 103 Å². The molecule has 5 rings (SSSR count). The summed E-state index contributed by atoms with van der Waals surface area (Å²) in [5, 5.41) is 4.75. The summed E-state index contributed by atoms with van der Waals surface area (Å²) in [6.45, 7) is 3.43. The van der Waals surface area contributed by atoms with Gasteiger partial charge < -0.3 is 19.1 Å². The van der Waals surface area contributed by atoms with Crippen LogP contribution in [0.3, 0.4) is 0 Å². The van der Waals surface area contributed by atoms with Crippen molar-refractivity contribution < 1.29 is 40.6 Å². The molecule has 0 atom stereocenters. The van der Waals surface area contributed by atoms with E-state index in [2.05, 4.69) is 0 Å². The molecule has 40 heavy (non-hydrogen) atoms. The molecule has 0 spiro atoms. The number of benzene rings is 1. The molecule has 3 aliphatic heterocycles. The number of aryl methyl sites for hydroxylation is 1. The number of ether oxygens (including phenoxy) is 3. The summed E-state index contributed by atoms with van der Waals surface area (Å²) in [5.74, 6) is -0.406. The van der Waals surface area contributed by atoms with E-state index in [1.807, 2.05) is 0 Å². The highest BCUT2D eigenvalue weighted by Gasteiger charge is 2.35. The first-order valence-corrected chi connectivity index (χ1v) is 15.8. The zero-order valence-electron chi connectivity index (χ0n) is 22.0. The van der Waals surface area contributed by atoms with E-state index in [-0.39, 0.29) is 35.9 Å². The highest BCUT2D eigenvalue weighted by atomic mass is 32.2. The fraction of sp³-hybridized carbons (Fsp3) is 0.600. The zero-order chi connectivity index (χ0) is 28.5. The molecule has 0 unspecified atom stereocenters. The number of sulfonamides is 1. The van der Waals surface area contributed by atoms with Crippen molar-refractivity contribution in [2.24, 2.45) is 0 Å². The van der Waals surface area contributed by atoms with Gasteiger partial charge in [-0.25, -0.2) is 8.42 Å². The molecular formula is C25H31F3N4O6S2. The summed E-state index contributed by atoms with van der Waals surface area (Å²) in [7, 11) is -3.49. The van der Waals surface area contributed by atoms with Crippen molar-refractivity contribution in [1.29, 1.82) is 0 Å². The van der Waals surface area contributed by atoms with Crippen LogP contribution in [-0.4, -0.2) is 97.7 Å². The Labute approximate surface area is 234 Å². The maximum absolute atomic E-state index is 13.9. The minimum Gasteiger partial charge on any atom is -0.378 e. The van der Waals surface area contributed by atoms with Gasteiger partial charge in [0.1, 0.15) is 0 Å². The van der Waals surface area contributed by atoms with Gasteiger partial charge in [-0.1, -0.05) is 6.07 Å². The lowest BCUT2D eigenvalue weighted by atomic mass is 10.0. The van der Waals surface area contributed by atoms with Crippen molar-refractivity contribution in [2.45, 2.75) is 43.3 Å². The summed E-state index contributed by atoms with van der Waals surface area (Å²) >= 11 is 0.835. The summed E-state index contributed by atoms with van der Waals surface area (Å²) in [5.41, 5.74) is 1.51. The number of aromatic nitrogens is 2. The van der Waals surface area contributed by atoms with Gasteiger partial charge in [-0.3, -0.25) is 9.48 Å². The molecule has 1 aromatic heterocycles. The van der Waals surface area contributed by atoms with Crippen LogP contribution in [0.5, 0.6) is 0 Å². The van der Waals surface area contributed by atoms with Gasteiger partial charge in [0.2, 0.25) is 15.9 Å². The normalized spacial score (nSPS) is 19.2. The van der Waals surface area contributed by atoms with Crippen LogP contribution in [0.15, 0.2) is 23.1 Å². The number of hydrogen-bond acceptors (Lipinski definition) is 8. The third-order valence-electron chi connectivity index (χ3n) is 7.11. The standard InChI is InChI=1S/C25H31F3N4O6S2/c1-40(34,35)31-6-4-20-18(15-31)24(29-32(20)7-5-23-37-12-13-38-23)17-2-3-19(25(26,27)28)21(14-17)39-16-22(33)30-8-10-36-11-9-30/h2-3,14,23H,4-13,15-16H2,1H3. The van der Waals surface area contributed by atoms with E-state index < -0.39 is 21.8 Å². The fourth-order valence-electron chi connectivity index (χ4n) is 5.03. The second-order valence-electron chi connectivity index (χ2n) is 9.79. The van der Waals surface area contributed by atoms with E-state index in [0.717, 1.165) is 29.8 Å². The van der Waals surface area contributed by atoms with Gasteiger partial charge in [-0.05, 0) is 12.1 Å². The molecule has 0 radical (unpaired) electrons. The Bertz CT molecular complexity index is 1340. The molecule has 0 saturated carbocycles. The Morgan fingerprint density at radius 1 is 1.12 bits per heavy atom.